The molecule has 0 spiro atoms. The van der Waals surface area contributed by atoms with Crippen LogP contribution in [0.2, 0.25) is 0 Å². The summed E-state index contributed by atoms with van der Waals surface area (Å²) in [5.74, 6) is 1.26. The van der Waals surface area contributed by atoms with Crippen LogP contribution in [0.3, 0.4) is 0 Å². The lowest BCUT2D eigenvalue weighted by atomic mass is 9.76. The van der Waals surface area contributed by atoms with Gasteiger partial charge in [-0.15, -0.1) is 0 Å². The highest BCUT2D eigenvalue weighted by molar-refractivity contribution is 5.83. The van der Waals surface area contributed by atoms with Crippen molar-refractivity contribution < 1.29 is 14.6 Å². The molecule has 2 saturated carbocycles. The van der Waals surface area contributed by atoms with Gasteiger partial charge in [0.15, 0.2) is 0 Å². The molecule has 150 valence electrons. The predicted octanol–water partition coefficient (Wildman–Crippen LogP) is 3.23. The Labute approximate surface area is 165 Å². The molecule has 1 aromatic heterocycles. The van der Waals surface area contributed by atoms with Gasteiger partial charge in [0.2, 0.25) is 5.91 Å². The van der Waals surface area contributed by atoms with Crippen molar-refractivity contribution in [2.45, 2.75) is 70.1 Å². The predicted molar refractivity (Wildman–Crippen MR) is 107 cm³/mol. The second kappa shape index (κ2) is 7.66. The van der Waals surface area contributed by atoms with E-state index in [0.29, 0.717) is 5.92 Å². The van der Waals surface area contributed by atoms with E-state index in [9.17, 15) is 9.90 Å². The van der Waals surface area contributed by atoms with E-state index in [1.165, 1.54) is 6.33 Å². The zero-order valence-electron chi connectivity index (χ0n) is 16.6. The number of nitrogens with one attached hydrogen (secondary N) is 1. The lowest BCUT2D eigenvalue weighted by molar-refractivity contribution is -0.131. The number of hydrogen-bond acceptors (Lipinski definition) is 5. The summed E-state index contributed by atoms with van der Waals surface area (Å²) in [6.45, 7) is 3.76. The molecule has 1 amide bonds. The summed E-state index contributed by atoms with van der Waals surface area (Å²) < 4.78 is 6.09. The van der Waals surface area contributed by atoms with E-state index >= 15 is 0 Å². The lowest BCUT2D eigenvalue weighted by Crippen LogP contribution is -2.48. The molecule has 6 nitrogen and oxygen atoms in total. The number of carbonyl (C=O) groups excluding carboxylic acids is 1. The van der Waals surface area contributed by atoms with E-state index in [1.807, 2.05) is 32.0 Å². The maximum atomic E-state index is 12.5. The number of aromatic nitrogens is 2. The van der Waals surface area contributed by atoms with Gasteiger partial charge in [-0.25, -0.2) is 9.97 Å². The minimum Gasteiger partial charge on any atom is -0.488 e. The molecule has 2 fully saturated rings. The minimum absolute atomic E-state index is 0.0293. The molecule has 0 bridgehead atoms. The Kier molecular flexibility index (Phi) is 5.23. The minimum atomic E-state index is -0.625. The Bertz CT molecular complexity index is 829. The van der Waals surface area contributed by atoms with Gasteiger partial charge in [0.25, 0.3) is 0 Å². The van der Waals surface area contributed by atoms with Crippen LogP contribution in [-0.2, 0) is 4.79 Å². The highest BCUT2D eigenvalue weighted by Crippen LogP contribution is 2.35. The summed E-state index contributed by atoms with van der Waals surface area (Å²) >= 11 is 0. The Morgan fingerprint density at radius 3 is 2.68 bits per heavy atom. The first-order chi connectivity index (χ1) is 13.4. The molecule has 0 atom stereocenters. The SMILES string of the molecule is CC(C)(O)[C@H]1CC[C@H](NC(=O)[C@H]2C[C@H](Oc3cccc4cncnc34)C2)CC1. The standard InChI is InChI=1S/C22H29N3O3/c1-22(2,27)16-6-8-17(9-7-16)25-21(26)15-10-18(11-15)28-19-5-3-4-14-12-23-13-24-20(14)19/h3-5,12-13,15-18,27H,6-11H2,1-2H3,(H,25,26)/t15-,16-,17-,18-. The van der Waals surface area contributed by atoms with Crippen LogP contribution in [0.4, 0.5) is 0 Å². The number of ether oxygens (including phenoxy) is 1. The first-order valence-corrected chi connectivity index (χ1v) is 10.3. The van der Waals surface area contributed by atoms with E-state index in [4.69, 9.17) is 4.74 Å². The normalized spacial score (nSPS) is 27.8. The van der Waals surface area contributed by atoms with Gasteiger partial charge in [-0.05, 0) is 64.4 Å². The lowest BCUT2D eigenvalue weighted by Gasteiger charge is -2.38. The number of benzene rings is 1. The highest BCUT2D eigenvalue weighted by Gasteiger charge is 2.38. The molecule has 28 heavy (non-hydrogen) atoms. The van der Waals surface area contributed by atoms with Crippen molar-refractivity contribution in [2.24, 2.45) is 11.8 Å². The third-order valence-electron chi connectivity index (χ3n) is 6.33. The van der Waals surface area contributed by atoms with Crippen LogP contribution < -0.4 is 10.1 Å². The number of nitrogens with zero attached hydrogens (tertiary/aromatic N) is 2. The number of para-hydroxylation sites is 1. The molecule has 4 rings (SSSR count). The van der Waals surface area contributed by atoms with Crippen molar-refractivity contribution in [3.8, 4) is 5.75 Å². The van der Waals surface area contributed by atoms with Gasteiger partial charge < -0.3 is 15.2 Å². The summed E-state index contributed by atoms with van der Waals surface area (Å²) in [6.07, 6.45) is 8.67. The number of fused-ring (bicyclic) bond motifs is 1. The van der Waals surface area contributed by atoms with E-state index in [2.05, 4.69) is 15.3 Å². The molecular weight excluding hydrogens is 354 g/mol. The topological polar surface area (TPSA) is 84.3 Å². The molecule has 0 unspecified atom stereocenters. The fourth-order valence-electron chi connectivity index (χ4n) is 4.40. The van der Waals surface area contributed by atoms with Gasteiger partial charge >= 0.3 is 0 Å². The number of hydrogen-bond donors (Lipinski definition) is 2. The van der Waals surface area contributed by atoms with Crippen LogP contribution in [0.25, 0.3) is 10.9 Å². The Hall–Kier alpha value is -2.21. The van der Waals surface area contributed by atoms with Gasteiger partial charge in [-0.3, -0.25) is 4.79 Å². The van der Waals surface area contributed by atoms with E-state index in [1.54, 1.807) is 6.20 Å². The fraction of sp³-hybridized carbons (Fsp3) is 0.591. The second-order valence-corrected chi connectivity index (χ2v) is 8.84. The average Bonchev–Trinajstić information content (AvgIpc) is 2.64. The Morgan fingerprint density at radius 1 is 1.21 bits per heavy atom. The van der Waals surface area contributed by atoms with Crippen molar-refractivity contribution in [2.75, 3.05) is 0 Å². The van der Waals surface area contributed by atoms with Crippen LogP contribution >= 0.6 is 0 Å². The second-order valence-electron chi connectivity index (χ2n) is 8.84. The number of rotatable bonds is 5. The van der Waals surface area contributed by atoms with Crippen LogP contribution in [0.1, 0.15) is 52.4 Å². The summed E-state index contributed by atoms with van der Waals surface area (Å²) in [4.78, 5) is 20.9. The Morgan fingerprint density at radius 2 is 1.96 bits per heavy atom. The quantitative estimate of drug-likeness (QED) is 0.828. The highest BCUT2D eigenvalue weighted by atomic mass is 16.5. The molecular formula is C22H29N3O3. The molecule has 2 aromatic rings. The zero-order valence-corrected chi connectivity index (χ0v) is 16.6. The molecule has 0 saturated heterocycles. The molecule has 0 aliphatic heterocycles. The number of amides is 1. The summed E-state index contributed by atoms with van der Waals surface area (Å²) in [5, 5.41) is 14.3. The van der Waals surface area contributed by atoms with Crippen LogP contribution in [0, 0.1) is 11.8 Å². The number of carbonyl (C=O) groups is 1. The summed E-state index contributed by atoms with van der Waals surface area (Å²) in [5.41, 5.74) is 0.189. The molecule has 0 radical (unpaired) electrons. The zero-order chi connectivity index (χ0) is 19.7. The maximum Gasteiger partial charge on any atom is 0.223 e. The van der Waals surface area contributed by atoms with E-state index in [0.717, 1.165) is 55.2 Å². The van der Waals surface area contributed by atoms with Gasteiger partial charge in [0.1, 0.15) is 23.7 Å². The van der Waals surface area contributed by atoms with Crippen LogP contribution in [0.15, 0.2) is 30.7 Å². The number of aliphatic hydroxyl groups is 1. The van der Waals surface area contributed by atoms with Crippen molar-refractivity contribution in [1.29, 1.82) is 0 Å². The molecule has 1 heterocycles. The van der Waals surface area contributed by atoms with E-state index in [-0.39, 0.29) is 24.0 Å². The van der Waals surface area contributed by atoms with Gasteiger partial charge in [0.05, 0.1) is 5.60 Å². The van der Waals surface area contributed by atoms with Gasteiger partial charge in [-0.1, -0.05) is 12.1 Å². The monoisotopic (exact) mass is 383 g/mol. The van der Waals surface area contributed by atoms with Crippen molar-refractivity contribution in [3.63, 3.8) is 0 Å². The molecule has 6 heteroatoms. The molecule has 2 aliphatic carbocycles. The maximum absolute atomic E-state index is 12.5. The van der Waals surface area contributed by atoms with Crippen LogP contribution in [-0.4, -0.2) is 38.7 Å². The average molecular weight is 383 g/mol. The molecule has 2 aliphatic rings. The van der Waals surface area contributed by atoms with Crippen molar-refractivity contribution in [3.05, 3.63) is 30.7 Å². The van der Waals surface area contributed by atoms with Crippen LogP contribution in [0.5, 0.6) is 5.75 Å². The fourth-order valence-corrected chi connectivity index (χ4v) is 4.40. The largest absolute Gasteiger partial charge is 0.488 e. The van der Waals surface area contributed by atoms with E-state index < -0.39 is 5.60 Å². The summed E-state index contributed by atoms with van der Waals surface area (Å²) in [6, 6.07) is 6.06. The Balaban J connectivity index is 1.25. The first kappa shape index (κ1) is 19.1. The molecule has 2 N–H and O–H groups in total. The smallest absolute Gasteiger partial charge is 0.223 e. The first-order valence-electron chi connectivity index (χ1n) is 10.3. The van der Waals surface area contributed by atoms with Crippen molar-refractivity contribution in [1.82, 2.24) is 15.3 Å². The van der Waals surface area contributed by atoms with Gasteiger partial charge in [-0.2, -0.15) is 0 Å². The third-order valence-corrected chi connectivity index (χ3v) is 6.33. The molecule has 1 aromatic carbocycles. The van der Waals surface area contributed by atoms with Crippen molar-refractivity contribution >= 4 is 16.8 Å². The third kappa shape index (κ3) is 4.12. The van der Waals surface area contributed by atoms with Gasteiger partial charge in [0, 0.05) is 23.5 Å². The summed E-state index contributed by atoms with van der Waals surface area (Å²) in [7, 11) is 0.